The molecule has 2 aliphatic rings. The Morgan fingerprint density at radius 1 is 1.42 bits per heavy atom. The zero-order valence-electron chi connectivity index (χ0n) is 11.0. The first-order valence-corrected chi connectivity index (χ1v) is 6.71. The lowest BCUT2D eigenvalue weighted by atomic mass is 10.2. The fraction of sp³-hybridized carbons (Fsp3) is 0.750. The molecule has 0 unspecified atom stereocenters. The summed E-state index contributed by atoms with van der Waals surface area (Å²) < 4.78 is 11.2. The Balaban J connectivity index is 1.52. The minimum absolute atomic E-state index is 0.0772. The molecule has 2 atom stereocenters. The van der Waals surface area contributed by atoms with Gasteiger partial charge in [-0.05, 0) is 25.7 Å². The van der Waals surface area contributed by atoms with Gasteiger partial charge in [0.15, 0.2) is 11.8 Å². The molecule has 3 N–H and O–H groups in total. The predicted octanol–water partition coefficient (Wildman–Crippen LogP) is 0.701. The molecule has 1 aliphatic heterocycles. The fourth-order valence-corrected chi connectivity index (χ4v) is 2.22. The van der Waals surface area contributed by atoms with E-state index in [1.54, 1.807) is 7.05 Å². The van der Waals surface area contributed by atoms with Crippen LogP contribution in [0.25, 0.3) is 0 Å². The maximum absolute atomic E-state index is 5.89. The van der Waals surface area contributed by atoms with Crippen molar-refractivity contribution < 1.29 is 9.26 Å². The normalized spacial score (nSPS) is 27.7. The maximum atomic E-state index is 5.89. The van der Waals surface area contributed by atoms with Crippen molar-refractivity contribution in [1.82, 2.24) is 15.5 Å². The standard InChI is InChI=1S/C12H19N5O2/c1-14-12(13)15-6-8-4-5-9(18-8)11-16-10(17-19-11)7-2-3-7/h7-9H,2-6H2,1H3,(H3,13,14,15)/t8-,9+/m1/s1. The van der Waals surface area contributed by atoms with Gasteiger partial charge in [0.25, 0.3) is 5.89 Å². The second-order valence-electron chi connectivity index (χ2n) is 5.08. The molecule has 1 aliphatic carbocycles. The molecule has 1 saturated heterocycles. The summed E-state index contributed by atoms with van der Waals surface area (Å²) in [6.07, 6.45) is 4.24. The van der Waals surface area contributed by atoms with E-state index in [-0.39, 0.29) is 12.2 Å². The highest BCUT2D eigenvalue weighted by molar-refractivity contribution is 5.77. The van der Waals surface area contributed by atoms with Crippen molar-refractivity contribution in [2.75, 3.05) is 13.6 Å². The van der Waals surface area contributed by atoms with Crippen LogP contribution in [0, 0.1) is 0 Å². The van der Waals surface area contributed by atoms with Crippen molar-refractivity contribution in [3.05, 3.63) is 11.7 Å². The Bertz CT molecular complexity index is 468. The largest absolute Gasteiger partial charge is 0.370 e. The van der Waals surface area contributed by atoms with Crippen LogP contribution in [-0.2, 0) is 4.74 Å². The van der Waals surface area contributed by atoms with E-state index in [0.717, 1.165) is 18.7 Å². The highest BCUT2D eigenvalue weighted by Gasteiger charge is 2.33. The number of nitrogens with zero attached hydrogens (tertiary/aromatic N) is 3. The lowest BCUT2D eigenvalue weighted by Crippen LogP contribution is -2.37. The number of hydrogen-bond donors (Lipinski definition) is 2. The lowest BCUT2D eigenvalue weighted by Gasteiger charge is -2.12. The average Bonchev–Trinajstić information content (AvgIpc) is 2.98. The molecule has 7 nitrogen and oxygen atoms in total. The number of aromatic nitrogens is 2. The Hall–Kier alpha value is -1.63. The molecule has 1 aromatic rings. The SMILES string of the molecule is CN=C(N)NC[C@H]1CC[C@@H](c2nc(C3CC3)no2)O1. The van der Waals surface area contributed by atoms with Crippen LogP contribution in [0.2, 0.25) is 0 Å². The van der Waals surface area contributed by atoms with E-state index in [4.69, 9.17) is 15.0 Å². The molecule has 2 fully saturated rings. The zero-order chi connectivity index (χ0) is 13.2. The van der Waals surface area contributed by atoms with Crippen LogP contribution in [0.4, 0.5) is 0 Å². The number of ether oxygens (including phenoxy) is 1. The van der Waals surface area contributed by atoms with Gasteiger partial charge in [0.1, 0.15) is 6.10 Å². The first-order chi connectivity index (χ1) is 9.26. The van der Waals surface area contributed by atoms with Gasteiger partial charge in [0, 0.05) is 19.5 Å². The van der Waals surface area contributed by atoms with Crippen molar-refractivity contribution in [1.29, 1.82) is 0 Å². The minimum Gasteiger partial charge on any atom is -0.370 e. The molecular weight excluding hydrogens is 246 g/mol. The van der Waals surface area contributed by atoms with Crippen molar-refractivity contribution in [2.24, 2.45) is 10.7 Å². The molecule has 3 rings (SSSR count). The molecule has 0 amide bonds. The molecule has 19 heavy (non-hydrogen) atoms. The van der Waals surface area contributed by atoms with E-state index < -0.39 is 0 Å². The van der Waals surface area contributed by atoms with Crippen LogP contribution in [0.15, 0.2) is 9.52 Å². The van der Waals surface area contributed by atoms with Gasteiger partial charge in [0.2, 0.25) is 0 Å². The molecule has 1 saturated carbocycles. The van der Waals surface area contributed by atoms with Gasteiger partial charge < -0.3 is 20.3 Å². The molecule has 0 spiro atoms. The third-order valence-electron chi connectivity index (χ3n) is 3.53. The van der Waals surface area contributed by atoms with E-state index in [1.165, 1.54) is 12.8 Å². The van der Waals surface area contributed by atoms with Crippen LogP contribution in [0.3, 0.4) is 0 Å². The number of guanidine groups is 1. The van der Waals surface area contributed by atoms with Crippen LogP contribution in [-0.4, -0.2) is 35.8 Å². The van der Waals surface area contributed by atoms with Crippen LogP contribution in [0.1, 0.15) is 49.4 Å². The Morgan fingerprint density at radius 3 is 3.00 bits per heavy atom. The summed E-state index contributed by atoms with van der Waals surface area (Å²) in [7, 11) is 1.65. The molecule has 1 aromatic heterocycles. The summed E-state index contributed by atoms with van der Waals surface area (Å²) in [5.41, 5.74) is 5.58. The quantitative estimate of drug-likeness (QED) is 0.614. The highest BCUT2D eigenvalue weighted by atomic mass is 16.5. The fourth-order valence-electron chi connectivity index (χ4n) is 2.22. The van der Waals surface area contributed by atoms with Gasteiger partial charge in [0.05, 0.1) is 6.10 Å². The number of nitrogens with one attached hydrogen (secondary N) is 1. The zero-order valence-corrected chi connectivity index (χ0v) is 11.0. The molecule has 7 heteroatoms. The van der Waals surface area contributed by atoms with E-state index in [9.17, 15) is 0 Å². The maximum Gasteiger partial charge on any atom is 0.255 e. The summed E-state index contributed by atoms with van der Waals surface area (Å²) in [6.45, 7) is 0.656. The molecule has 0 bridgehead atoms. The highest BCUT2D eigenvalue weighted by Crippen LogP contribution is 2.39. The van der Waals surface area contributed by atoms with Crippen molar-refractivity contribution >= 4 is 5.96 Å². The van der Waals surface area contributed by atoms with Gasteiger partial charge >= 0.3 is 0 Å². The molecule has 0 aromatic carbocycles. The summed E-state index contributed by atoms with van der Waals surface area (Å²) in [5, 5.41) is 7.03. The van der Waals surface area contributed by atoms with Crippen molar-refractivity contribution in [3.63, 3.8) is 0 Å². The molecular formula is C12H19N5O2. The van der Waals surface area contributed by atoms with E-state index in [2.05, 4.69) is 20.4 Å². The monoisotopic (exact) mass is 265 g/mol. The van der Waals surface area contributed by atoms with Crippen LogP contribution < -0.4 is 11.1 Å². The van der Waals surface area contributed by atoms with Gasteiger partial charge in [-0.2, -0.15) is 4.98 Å². The van der Waals surface area contributed by atoms with Crippen molar-refractivity contribution in [3.8, 4) is 0 Å². The second kappa shape index (κ2) is 5.16. The number of nitrogens with two attached hydrogens (primary N) is 1. The Morgan fingerprint density at radius 2 is 2.26 bits per heavy atom. The number of aliphatic imine (C=N–C) groups is 1. The lowest BCUT2D eigenvalue weighted by molar-refractivity contribution is 0.0286. The van der Waals surface area contributed by atoms with Gasteiger partial charge in [-0.3, -0.25) is 4.99 Å². The van der Waals surface area contributed by atoms with Crippen LogP contribution in [0.5, 0.6) is 0 Å². The van der Waals surface area contributed by atoms with E-state index in [0.29, 0.717) is 24.3 Å². The smallest absolute Gasteiger partial charge is 0.255 e. The summed E-state index contributed by atoms with van der Waals surface area (Å²) in [6, 6.07) is 0. The third kappa shape index (κ3) is 2.86. The first kappa shape index (κ1) is 12.4. The average molecular weight is 265 g/mol. The van der Waals surface area contributed by atoms with Gasteiger partial charge in [-0.1, -0.05) is 5.16 Å². The second-order valence-corrected chi connectivity index (χ2v) is 5.08. The molecule has 0 radical (unpaired) electrons. The Kier molecular flexibility index (Phi) is 3.37. The molecule has 2 heterocycles. The van der Waals surface area contributed by atoms with Crippen molar-refractivity contribution in [2.45, 2.75) is 43.8 Å². The minimum atomic E-state index is -0.0772. The van der Waals surface area contributed by atoms with Crippen LogP contribution >= 0.6 is 0 Å². The third-order valence-corrected chi connectivity index (χ3v) is 3.53. The summed E-state index contributed by atoms with van der Waals surface area (Å²) >= 11 is 0. The first-order valence-electron chi connectivity index (χ1n) is 6.71. The van der Waals surface area contributed by atoms with Gasteiger partial charge in [-0.25, -0.2) is 0 Å². The summed E-state index contributed by atoms with van der Waals surface area (Å²) in [4.78, 5) is 8.27. The predicted molar refractivity (Wildman–Crippen MR) is 68.7 cm³/mol. The van der Waals surface area contributed by atoms with E-state index in [1.807, 2.05) is 0 Å². The summed E-state index contributed by atoms with van der Waals surface area (Å²) in [5.74, 6) is 2.39. The molecule has 104 valence electrons. The Labute approximate surface area is 111 Å². The number of rotatable bonds is 4. The van der Waals surface area contributed by atoms with Gasteiger partial charge in [-0.15, -0.1) is 0 Å². The van der Waals surface area contributed by atoms with E-state index >= 15 is 0 Å². The topological polar surface area (TPSA) is 98.6 Å². The number of hydrogen-bond acceptors (Lipinski definition) is 5.